The lowest BCUT2D eigenvalue weighted by Gasteiger charge is -2.19. The van der Waals surface area contributed by atoms with E-state index in [4.69, 9.17) is 10.7 Å². The van der Waals surface area contributed by atoms with Crippen LogP contribution in [0.15, 0.2) is 71.8 Å². The monoisotopic (exact) mass is 443 g/mol. The zero-order valence-corrected chi connectivity index (χ0v) is 17.6. The second-order valence-corrected chi connectivity index (χ2v) is 7.68. The van der Waals surface area contributed by atoms with Crippen LogP contribution in [0.3, 0.4) is 0 Å². The highest BCUT2D eigenvalue weighted by molar-refractivity contribution is 8.21. The molecular weight excluding hydrogens is 425 g/mol. The maximum atomic E-state index is 13.1. The molecule has 8 heteroatoms. The summed E-state index contributed by atoms with van der Waals surface area (Å²) in [6, 6.07) is 16.3. The molecule has 1 unspecified atom stereocenters. The van der Waals surface area contributed by atoms with Gasteiger partial charge in [0.05, 0.1) is 6.20 Å². The molecule has 0 bridgehead atoms. The highest BCUT2D eigenvalue weighted by atomic mass is 35.7. The van der Waals surface area contributed by atoms with Gasteiger partial charge in [0, 0.05) is 17.0 Å². The Labute approximate surface area is 182 Å². The summed E-state index contributed by atoms with van der Waals surface area (Å²) in [5.74, 6) is -1.48. The van der Waals surface area contributed by atoms with Crippen LogP contribution in [0.1, 0.15) is 21.6 Å². The summed E-state index contributed by atoms with van der Waals surface area (Å²) in [6.45, 7) is 1.89. The van der Waals surface area contributed by atoms with Crippen molar-refractivity contribution in [3.63, 3.8) is 0 Å². The van der Waals surface area contributed by atoms with Gasteiger partial charge in [0.1, 0.15) is 17.6 Å². The van der Waals surface area contributed by atoms with E-state index in [1.165, 1.54) is 6.07 Å². The van der Waals surface area contributed by atoms with Crippen molar-refractivity contribution < 1.29 is 14.0 Å². The average Bonchev–Trinajstić information content (AvgIpc) is 2.74. The van der Waals surface area contributed by atoms with Crippen molar-refractivity contribution in [3.05, 3.63) is 89.5 Å². The van der Waals surface area contributed by atoms with Crippen molar-refractivity contribution in [1.29, 1.82) is 0 Å². The first-order valence-electron chi connectivity index (χ1n) is 9.12. The number of benzene rings is 2. The molecule has 30 heavy (non-hydrogen) atoms. The number of carbonyl (C=O) groups is 2. The highest BCUT2D eigenvalue weighted by Crippen LogP contribution is 2.27. The van der Waals surface area contributed by atoms with Crippen LogP contribution in [-0.2, 0) is 11.2 Å². The number of anilines is 1. The first-order chi connectivity index (χ1) is 14.5. The van der Waals surface area contributed by atoms with E-state index in [1.807, 2.05) is 49.4 Å². The number of aromatic nitrogens is 1. The van der Waals surface area contributed by atoms with Crippen molar-refractivity contribution >= 4 is 39.2 Å². The molecule has 0 saturated carbocycles. The molecule has 3 aromatic rings. The molecule has 1 atom stereocenters. The molecule has 154 valence electrons. The summed E-state index contributed by atoms with van der Waals surface area (Å²) in [5.41, 5.74) is 2.43. The van der Waals surface area contributed by atoms with Gasteiger partial charge in [-0.3, -0.25) is 9.59 Å². The van der Waals surface area contributed by atoms with Gasteiger partial charge >= 0.3 is 0 Å². The van der Waals surface area contributed by atoms with Crippen LogP contribution in [-0.4, -0.2) is 22.8 Å². The maximum Gasteiger partial charge on any atom is 0.270 e. The van der Waals surface area contributed by atoms with Gasteiger partial charge in [0.15, 0.2) is 0 Å². The molecule has 2 aromatic carbocycles. The van der Waals surface area contributed by atoms with E-state index in [0.29, 0.717) is 5.69 Å². The molecule has 2 N–H and O–H groups in total. The van der Waals surface area contributed by atoms with Crippen LogP contribution in [0.4, 0.5) is 10.1 Å². The van der Waals surface area contributed by atoms with Crippen molar-refractivity contribution in [2.45, 2.75) is 24.3 Å². The lowest BCUT2D eigenvalue weighted by molar-refractivity contribution is -0.118. The summed E-state index contributed by atoms with van der Waals surface area (Å²) in [5, 5.41) is 5.53. The minimum absolute atomic E-state index is 0.0293. The molecule has 3 rings (SSSR count). The average molecular weight is 444 g/mol. The van der Waals surface area contributed by atoms with E-state index in [9.17, 15) is 14.0 Å². The number of amides is 2. The third kappa shape index (κ3) is 5.81. The number of aryl methyl sites for hydroxylation is 1. The minimum atomic E-state index is -0.853. The highest BCUT2D eigenvalue weighted by Gasteiger charge is 2.23. The van der Waals surface area contributed by atoms with Crippen LogP contribution in [0.25, 0.3) is 0 Å². The molecular formula is C22H19ClFN3O2S. The maximum absolute atomic E-state index is 13.1. The number of carbonyl (C=O) groups excluding carboxylic acids is 2. The smallest absolute Gasteiger partial charge is 0.270 e. The van der Waals surface area contributed by atoms with E-state index in [-0.39, 0.29) is 18.0 Å². The number of rotatable bonds is 7. The molecule has 0 aliphatic rings. The first-order valence-corrected chi connectivity index (χ1v) is 10.8. The Bertz CT molecular complexity index is 1030. The molecule has 0 saturated heterocycles. The van der Waals surface area contributed by atoms with Gasteiger partial charge in [-0.15, -0.1) is 0 Å². The van der Waals surface area contributed by atoms with Crippen molar-refractivity contribution in [1.82, 2.24) is 10.3 Å². The SMILES string of the molecule is Cc1cc(NC(=O)C(Cc2ccccc2)NC(=O)c2ccc(F)cn2)ccc1SCl. The number of pyridine rings is 1. The molecule has 0 fully saturated rings. The van der Waals surface area contributed by atoms with Crippen molar-refractivity contribution in [2.24, 2.45) is 0 Å². The van der Waals surface area contributed by atoms with Gasteiger partial charge in [-0.05, 0) is 70.0 Å². The minimum Gasteiger partial charge on any atom is -0.339 e. The molecule has 0 aliphatic heterocycles. The summed E-state index contributed by atoms with van der Waals surface area (Å²) in [6.07, 6.45) is 1.24. The number of hydrogen-bond donors (Lipinski definition) is 2. The summed E-state index contributed by atoms with van der Waals surface area (Å²) in [7, 11) is 6.92. The molecule has 0 radical (unpaired) electrons. The lowest BCUT2D eigenvalue weighted by Crippen LogP contribution is -2.45. The fraction of sp³-hybridized carbons (Fsp3) is 0.136. The quantitative estimate of drug-likeness (QED) is 0.552. The summed E-state index contributed by atoms with van der Waals surface area (Å²) in [4.78, 5) is 30.2. The van der Waals surface area contributed by atoms with Gasteiger partial charge in [-0.25, -0.2) is 9.37 Å². The Morgan fingerprint density at radius 1 is 1.13 bits per heavy atom. The molecule has 0 spiro atoms. The molecule has 1 aromatic heterocycles. The van der Waals surface area contributed by atoms with Gasteiger partial charge in [0.2, 0.25) is 5.91 Å². The molecule has 2 amide bonds. The predicted molar refractivity (Wildman–Crippen MR) is 117 cm³/mol. The van der Waals surface area contributed by atoms with Gasteiger partial charge in [-0.1, -0.05) is 30.3 Å². The Hall–Kier alpha value is -2.90. The van der Waals surface area contributed by atoms with Gasteiger partial charge in [0.25, 0.3) is 5.91 Å². The third-order valence-electron chi connectivity index (χ3n) is 4.39. The standard InChI is InChI=1S/C22H19ClFN3O2S/c1-14-11-17(8-10-20(14)30-23)26-22(29)19(12-15-5-3-2-4-6-15)27-21(28)18-9-7-16(24)13-25-18/h2-11,13,19H,12H2,1H3,(H,26,29)(H,27,28). The first kappa shape index (κ1) is 21.8. The summed E-state index contributed by atoms with van der Waals surface area (Å²) < 4.78 is 13.1. The largest absolute Gasteiger partial charge is 0.339 e. The van der Waals surface area contributed by atoms with Crippen molar-refractivity contribution in [3.8, 4) is 0 Å². The second kappa shape index (κ2) is 10.2. The fourth-order valence-corrected chi connectivity index (χ4v) is 3.66. The van der Waals surface area contributed by atoms with E-state index < -0.39 is 17.8 Å². The van der Waals surface area contributed by atoms with Crippen molar-refractivity contribution in [2.75, 3.05) is 5.32 Å². The fourth-order valence-electron chi connectivity index (χ4n) is 2.84. The van der Waals surface area contributed by atoms with Gasteiger partial charge < -0.3 is 10.6 Å². The zero-order chi connectivity index (χ0) is 21.5. The Morgan fingerprint density at radius 3 is 2.53 bits per heavy atom. The zero-order valence-electron chi connectivity index (χ0n) is 16.1. The Morgan fingerprint density at radius 2 is 1.90 bits per heavy atom. The second-order valence-electron chi connectivity index (χ2n) is 6.62. The van der Waals surface area contributed by atoms with Crippen LogP contribution >= 0.6 is 21.7 Å². The van der Waals surface area contributed by atoms with Gasteiger partial charge in [-0.2, -0.15) is 0 Å². The van der Waals surface area contributed by atoms with Crippen LogP contribution in [0.2, 0.25) is 0 Å². The molecule has 1 heterocycles. The number of nitrogens with one attached hydrogen (secondary N) is 2. The van der Waals surface area contributed by atoms with Crippen LogP contribution < -0.4 is 10.6 Å². The predicted octanol–water partition coefficient (Wildman–Crippen LogP) is 4.75. The number of halogens is 2. The Balaban J connectivity index is 1.79. The topological polar surface area (TPSA) is 71.1 Å². The number of hydrogen-bond acceptors (Lipinski definition) is 4. The normalized spacial score (nSPS) is 11.6. The Kier molecular flexibility index (Phi) is 7.43. The number of nitrogens with zero attached hydrogens (tertiary/aromatic N) is 1. The van der Waals surface area contributed by atoms with Crippen LogP contribution in [0.5, 0.6) is 0 Å². The third-order valence-corrected chi connectivity index (χ3v) is 5.51. The van der Waals surface area contributed by atoms with E-state index in [0.717, 1.165) is 39.3 Å². The van der Waals surface area contributed by atoms with E-state index >= 15 is 0 Å². The molecule has 0 aliphatic carbocycles. The van der Waals surface area contributed by atoms with E-state index in [2.05, 4.69) is 15.6 Å². The molecule has 5 nitrogen and oxygen atoms in total. The summed E-state index contributed by atoms with van der Waals surface area (Å²) >= 11 is 0. The van der Waals surface area contributed by atoms with Crippen LogP contribution in [0, 0.1) is 12.7 Å². The lowest BCUT2D eigenvalue weighted by atomic mass is 10.0. The van der Waals surface area contributed by atoms with E-state index in [1.54, 1.807) is 6.07 Å².